The van der Waals surface area contributed by atoms with Crippen LogP contribution >= 0.6 is 22.6 Å². The number of hydrogen-bond acceptors (Lipinski definition) is 1. The van der Waals surface area contributed by atoms with Crippen LogP contribution in [0.5, 0.6) is 0 Å². The Morgan fingerprint density at radius 1 is 1.14 bits per heavy atom. The van der Waals surface area contributed by atoms with Crippen LogP contribution in [0.15, 0.2) is 24.3 Å². The largest absolute Gasteiger partial charge is 0.382 e. The lowest BCUT2D eigenvalue weighted by Crippen LogP contribution is -2.18. The van der Waals surface area contributed by atoms with Crippen LogP contribution in [0.25, 0.3) is 0 Å². The van der Waals surface area contributed by atoms with Gasteiger partial charge in [-0.3, -0.25) is 0 Å². The number of nitrogens with one attached hydrogen (secondary N) is 1. The molecule has 3 unspecified atom stereocenters. The van der Waals surface area contributed by atoms with Gasteiger partial charge in [-0.2, -0.15) is 0 Å². The van der Waals surface area contributed by atoms with E-state index in [1.165, 1.54) is 28.5 Å². The highest BCUT2D eigenvalue weighted by Crippen LogP contribution is 2.52. The van der Waals surface area contributed by atoms with Gasteiger partial charge in [0, 0.05) is 15.3 Å². The van der Waals surface area contributed by atoms with E-state index in [9.17, 15) is 0 Å². The molecule has 3 atom stereocenters. The maximum absolute atomic E-state index is 3.66. The van der Waals surface area contributed by atoms with Crippen LogP contribution in [0.4, 0.5) is 5.69 Å². The Balaban J connectivity index is 1.69. The summed E-state index contributed by atoms with van der Waals surface area (Å²) >= 11 is 2.35. The third-order valence-corrected chi connectivity index (χ3v) is 4.26. The van der Waals surface area contributed by atoms with Gasteiger partial charge in [0.2, 0.25) is 0 Å². The molecule has 2 aliphatic rings. The van der Waals surface area contributed by atoms with Gasteiger partial charge >= 0.3 is 0 Å². The first-order valence-electron chi connectivity index (χ1n) is 5.35. The van der Waals surface area contributed by atoms with Gasteiger partial charge in [0.15, 0.2) is 0 Å². The highest BCUT2D eigenvalue weighted by molar-refractivity contribution is 14.1. The molecule has 0 bridgehead atoms. The summed E-state index contributed by atoms with van der Waals surface area (Å²) in [4.78, 5) is 0. The second-order valence-electron chi connectivity index (χ2n) is 4.49. The maximum atomic E-state index is 3.66. The van der Waals surface area contributed by atoms with Crippen LogP contribution in [0.3, 0.4) is 0 Å². The fraction of sp³-hybridized carbons (Fsp3) is 0.500. The fourth-order valence-electron chi connectivity index (χ4n) is 2.64. The summed E-state index contributed by atoms with van der Waals surface area (Å²) in [6.45, 7) is 0. The predicted molar refractivity (Wildman–Crippen MR) is 67.4 cm³/mol. The molecule has 74 valence electrons. The molecule has 2 fully saturated rings. The molecular formula is C12H14IN. The first kappa shape index (κ1) is 9.01. The number of hydrogen-bond donors (Lipinski definition) is 1. The van der Waals surface area contributed by atoms with Crippen molar-refractivity contribution >= 4 is 28.3 Å². The van der Waals surface area contributed by atoms with Gasteiger partial charge in [0.05, 0.1) is 0 Å². The van der Waals surface area contributed by atoms with Crippen molar-refractivity contribution in [2.45, 2.75) is 25.3 Å². The minimum atomic E-state index is 0.764. The van der Waals surface area contributed by atoms with Crippen molar-refractivity contribution in [3.63, 3.8) is 0 Å². The Morgan fingerprint density at radius 3 is 2.50 bits per heavy atom. The van der Waals surface area contributed by atoms with E-state index in [1.54, 1.807) is 0 Å². The summed E-state index contributed by atoms with van der Waals surface area (Å²) in [5.74, 6) is 2.06. The van der Waals surface area contributed by atoms with Crippen molar-refractivity contribution in [1.29, 1.82) is 0 Å². The Morgan fingerprint density at radius 2 is 1.93 bits per heavy atom. The average molecular weight is 299 g/mol. The first-order valence-corrected chi connectivity index (χ1v) is 6.43. The molecule has 1 aromatic carbocycles. The molecule has 2 aliphatic carbocycles. The SMILES string of the molecule is Ic1ccc(NC2CCC3CC32)cc1. The van der Waals surface area contributed by atoms with Crippen LogP contribution in [0.1, 0.15) is 19.3 Å². The second kappa shape index (κ2) is 3.40. The summed E-state index contributed by atoms with van der Waals surface area (Å²) in [6.07, 6.45) is 4.30. The molecule has 3 rings (SSSR count). The predicted octanol–water partition coefficient (Wildman–Crippen LogP) is 3.50. The topological polar surface area (TPSA) is 12.0 Å². The maximum Gasteiger partial charge on any atom is 0.0343 e. The highest BCUT2D eigenvalue weighted by atomic mass is 127. The molecule has 0 aliphatic heterocycles. The first-order chi connectivity index (χ1) is 6.83. The van der Waals surface area contributed by atoms with Crippen LogP contribution in [-0.4, -0.2) is 6.04 Å². The zero-order valence-corrected chi connectivity index (χ0v) is 10.2. The van der Waals surface area contributed by atoms with E-state index >= 15 is 0 Å². The van der Waals surface area contributed by atoms with E-state index in [2.05, 4.69) is 52.2 Å². The molecule has 0 heterocycles. The zero-order valence-electron chi connectivity index (χ0n) is 8.04. The molecule has 1 N–H and O–H groups in total. The van der Waals surface area contributed by atoms with Crippen LogP contribution in [0.2, 0.25) is 0 Å². The Bertz CT molecular complexity index is 333. The molecule has 14 heavy (non-hydrogen) atoms. The lowest BCUT2D eigenvalue weighted by Gasteiger charge is -2.15. The molecule has 0 spiro atoms. The number of halogens is 1. The number of rotatable bonds is 2. The van der Waals surface area contributed by atoms with Crippen LogP contribution in [0, 0.1) is 15.4 Å². The van der Waals surface area contributed by atoms with Gasteiger partial charge in [-0.15, -0.1) is 0 Å². The quantitative estimate of drug-likeness (QED) is 0.824. The minimum Gasteiger partial charge on any atom is -0.382 e. The van der Waals surface area contributed by atoms with Crippen molar-refractivity contribution in [3.8, 4) is 0 Å². The van der Waals surface area contributed by atoms with E-state index in [1.807, 2.05) is 0 Å². The molecule has 1 aromatic rings. The zero-order chi connectivity index (χ0) is 9.54. The van der Waals surface area contributed by atoms with Gasteiger partial charge in [-0.1, -0.05) is 0 Å². The van der Waals surface area contributed by atoms with Crippen molar-refractivity contribution < 1.29 is 0 Å². The molecule has 0 saturated heterocycles. The lowest BCUT2D eigenvalue weighted by atomic mass is 10.1. The molecule has 0 aromatic heterocycles. The molecular weight excluding hydrogens is 285 g/mol. The summed E-state index contributed by atoms with van der Waals surface area (Å²) < 4.78 is 1.31. The summed E-state index contributed by atoms with van der Waals surface area (Å²) in [6, 6.07) is 9.49. The number of fused-ring (bicyclic) bond motifs is 1. The number of anilines is 1. The van der Waals surface area contributed by atoms with Gasteiger partial charge < -0.3 is 5.32 Å². The van der Waals surface area contributed by atoms with Gasteiger partial charge in [-0.05, 0) is 78.0 Å². The summed E-state index contributed by atoms with van der Waals surface area (Å²) in [5, 5.41) is 3.66. The fourth-order valence-corrected chi connectivity index (χ4v) is 3.00. The standard InChI is InChI=1S/C12H14IN/c13-9-2-4-10(5-3-9)14-12-6-1-8-7-11(8)12/h2-5,8,11-12,14H,1,6-7H2. The van der Waals surface area contributed by atoms with Crippen LogP contribution in [-0.2, 0) is 0 Å². The van der Waals surface area contributed by atoms with Crippen molar-refractivity contribution in [3.05, 3.63) is 27.8 Å². The smallest absolute Gasteiger partial charge is 0.0343 e. The van der Waals surface area contributed by atoms with E-state index in [0.717, 1.165) is 17.9 Å². The van der Waals surface area contributed by atoms with Gasteiger partial charge in [-0.25, -0.2) is 0 Å². The Kier molecular flexibility index (Phi) is 2.19. The third-order valence-electron chi connectivity index (χ3n) is 3.54. The Labute approximate surface area is 98.4 Å². The van der Waals surface area contributed by atoms with Crippen LogP contribution < -0.4 is 5.32 Å². The van der Waals surface area contributed by atoms with Gasteiger partial charge in [0.25, 0.3) is 0 Å². The van der Waals surface area contributed by atoms with Gasteiger partial charge in [0.1, 0.15) is 0 Å². The van der Waals surface area contributed by atoms with E-state index in [-0.39, 0.29) is 0 Å². The van der Waals surface area contributed by atoms with E-state index in [0.29, 0.717) is 0 Å². The summed E-state index contributed by atoms with van der Waals surface area (Å²) in [7, 11) is 0. The van der Waals surface area contributed by atoms with E-state index < -0.39 is 0 Å². The molecule has 0 amide bonds. The molecule has 2 heteroatoms. The average Bonchev–Trinajstić information content (AvgIpc) is 2.88. The Hall–Kier alpha value is -0.250. The van der Waals surface area contributed by atoms with Crippen molar-refractivity contribution in [2.75, 3.05) is 5.32 Å². The minimum absolute atomic E-state index is 0.764. The second-order valence-corrected chi connectivity index (χ2v) is 5.74. The lowest BCUT2D eigenvalue weighted by molar-refractivity contribution is 0.654. The van der Waals surface area contributed by atoms with Crippen molar-refractivity contribution in [1.82, 2.24) is 0 Å². The summed E-state index contributed by atoms with van der Waals surface area (Å²) in [5.41, 5.74) is 1.29. The molecule has 2 saturated carbocycles. The third kappa shape index (κ3) is 1.64. The highest BCUT2D eigenvalue weighted by Gasteiger charge is 2.47. The van der Waals surface area contributed by atoms with Crippen molar-refractivity contribution in [2.24, 2.45) is 11.8 Å². The monoisotopic (exact) mass is 299 g/mol. The number of benzene rings is 1. The molecule has 0 radical (unpaired) electrons. The normalized spacial score (nSPS) is 33.9. The molecule has 1 nitrogen and oxygen atoms in total. The van der Waals surface area contributed by atoms with E-state index in [4.69, 9.17) is 0 Å².